The van der Waals surface area contributed by atoms with Crippen molar-refractivity contribution in [2.45, 2.75) is 20.7 Å². The Morgan fingerprint density at radius 1 is 1.71 bits per heavy atom. The molecule has 0 saturated heterocycles. The molecule has 0 aliphatic rings. The highest BCUT2D eigenvalue weighted by Crippen LogP contribution is 1.89. The normalized spacial score (nSPS) is 11.0. The minimum atomic E-state index is 0.947. The third-order valence-corrected chi connectivity index (χ3v) is 0.710. The van der Waals surface area contributed by atoms with E-state index in [1.54, 1.807) is 7.48 Å². The Hall–Kier alpha value is -0.395. The first-order valence-electron chi connectivity index (χ1n) is 2.38. The quantitative estimate of drug-likeness (QED) is 0.375. The van der Waals surface area contributed by atoms with Crippen LogP contribution in [0.4, 0.5) is 0 Å². The van der Waals surface area contributed by atoms with Gasteiger partial charge in [0, 0.05) is 0 Å². The summed E-state index contributed by atoms with van der Waals surface area (Å²) in [6.45, 7) is 5.71. The molecule has 0 aromatic carbocycles. The SMILES string of the molecule is C[B]O/C(C)=C/C. The maximum Gasteiger partial charge on any atom is 0.366 e. The minimum Gasteiger partial charge on any atom is -0.567 e. The van der Waals surface area contributed by atoms with Crippen LogP contribution in [0.25, 0.3) is 0 Å². The van der Waals surface area contributed by atoms with Gasteiger partial charge in [0.1, 0.15) is 0 Å². The van der Waals surface area contributed by atoms with Crippen molar-refractivity contribution in [3.63, 3.8) is 0 Å². The molecule has 0 unspecified atom stereocenters. The Morgan fingerprint density at radius 3 is 2.43 bits per heavy atom. The number of hydrogen-bond donors (Lipinski definition) is 0. The van der Waals surface area contributed by atoms with E-state index < -0.39 is 0 Å². The molecule has 39 valence electrons. The predicted molar refractivity (Wildman–Crippen MR) is 32.1 cm³/mol. The summed E-state index contributed by atoms with van der Waals surface area (Å²) in [6, 6.07) is 0. The molecule has 0 aromatic heterocycles. The van der Waals surface area contributed by atoms with Crippen molar-refractivity contribution in [2.75, 3.05) is 0 Å². The first-order chi connectivity index (χ1) is 3.31. The van der Waals surface area contributed by atoms with Crippen LogP contribution in [0.5, 0.6) is 0 Å². The van der Waals surface area contributed by atoms with Gasteiger partial charge in [0.05, 0.1) is 5.76 Å². The van der Waals surface area contributed by atoms with Gasteiger partial charge in [-0.1, -0.05) is 12.9 Å². The third-order valence-electron chi connectivity index (χ3n) is 0.710. The third kappa shape index (κ3) is 3.43. The minimum absolute atomic E-state index is 0.947. The fraction of sp³-hybridized carbons (Fsp3) is 0.600. The fourth-order valence-electron chi connectivity index (χ4n) is 0.254. The zero-order chi connectivity index (χ0) is 5.70. The van der Waals surface area contributed by atoms with Gasteiger partial charge in [-0.3, -0.25) is 0 Å². The van der Waals surface area contributed by atoms with E-state index in [4.69, 9.17) is 4.65 Å². The van der Waals surface area contributed by atoms with Crippen LogP contribution in [0.15, 0.2) is 11.8 Å². The van der Waals surface area contributed by atoms with Crippen LogP contribution in [-0.4, -0.2) is 7.48 Å². The fourth-order valence-corrected chi connectivity index (χ4v) is 0.254. The van der Waals surface area contributed by atoms with E-state index in [1.165, 1.54) is 0 Å². The highest BCUT2D eigenvalue weighted by atomic mass is 16.4. The zero-order valence-electron chi connectivity index (χ0n) is 5.06. The van der Waals surface area contributed by atoms with Gasteiger partial charge in [-0.15, -0.1) is 0 Å². The highest BCUT2D eigenvalue weighted by Gasteiger charge is 1.80. The lowest BCUT2D eigenvalue weighted by molar-refractivity contribution is 0.458. The molecule has 0 spiro atoms. The molecule has 0 fully saturated rings. The maximum atomic E-state index is 4.93. The van der Waals surface area contributed by atoms with Crippen LogP contribution in [0.1, 0.15) is 13.8 Å². The molecule has 0 rings (SSSR count). The monoisotopic (exact) mass is 97.1 g/mol. The van der Waals surface area contributed by atoms with E-state index in [0.717, 1.165) is 5.76 Å². The highest BCUT2D eigenvalue weighted by molar-refractivity contribution is 6.25. The smallest absolute Gasteiger partial charge is 0.366 e. The van der Waals surface area contributed by atoms with E-state index in [0.29, 0.717) is 0 Å². The molecular formula is C5H10BO. The Labute approximate surface area is 45.6 Å². The molecule has 1 radical (unpaired) electrons. The number of rotatable bonds is 2. The molecule has 1 nitrogen and oxygen atoms in total. The Kier molecular flexibility index (Phi) is 3.57. The zero-order valence-corrected chi connectivity index (χ0v) is 5.06. The molecular weight excluding hydrogens is 86.9 g/mol. The van der Waals surface area contributed by atoms with Crippen molar-refractivity contribution in [3.05, 3.63) is 11.8 Å². The van der Waals surface area contributed by atoms with Crippen molar-refractivity contribution in [1.82, 2.24) is 0 Å². The second-order valence-electron chi connectivity index (χ2n) is 1.25. The van der Waals surface area contributed by atoms with Gasteiger partial charge in [0.15, 0.2) is 0 Å². The number of allylic oxidation sites excluding steroid dienone is 2. The molecule has 0 aliphatic heterocycles. The summed E-state index contributed by atoms with van der Waals surface area (Å²) in [5, 5.41) is 0. The molecule has 0 saturated carbocycles. The lowest BCUT2D eigenvalue weighted by Crippen LogP contribution is -1.88. The van der Waals surface area contributed by atoms with Crippen molar-refractivity contribution in [1.29, 1.82) is 0 Å². The van der Waals surface area contributed by atoms with Crippen LogP contribution in [0.3, 0.4) is 0 Å². The molecule has 0 amide bonds. The lowest BCUT2D eigenvalue weighted by Gasteiger charge is -1.97. The van der Waals surface area contributed by atoms with Crippen LogP contribution < -0.4 is 0 Å². The van der Waals surface area contributed by atoms with Gasteiger partial charge < -0.3 is 4.65 Å². The summed E-state index contributed by atoms with van der Waals surface area (Å²) < 4.78 is 4.93. The second kappa shape index (κ2) is 3.78. The van der Waals surface area contributed by atoms with Gasteiger partial charge in [-0.05, 0) is 13.8 Å². The molecule has 7 heavy (non-hydrogen) atoms. The molecule has 0 heterocycles. The van der Waals surface area contributed by atoms with E-state index in [1.807, 2.05) is 26.7 Å². The lowest BCUT2D eigenvalue weighted by atomic mass is 10.1. The first kappa shape index (κ1) is 6.60. The van der Waals surface area contributed by atoms with Crippen molar-refractivity contribution >= 4 is 7.48 Å². The van der Waals surface area contributed by atoms with E-state index in [9.17, 15) is 0 Å². The summed E-state index contributed by atoms with van der Waals surface area (Å²) >= 11 is 0. The summed E-state index contributed by atoms with van der Waals surface area (Å²) in [7, 11) is 1.66. The first-order valence-corrected chi connectivity index (χ1v) is 2.38. The second-order valence-corrected chi connectivity index (χ2v) is 1.25. The standard InChI is InChI=1S/C5H10BO/c1-4-5(2)7-6-3/h4H,1-3H3/b5-4+. The topological polar surface area (TPSA) is 9.23 Å². The van der Waals surface area contributed by atoms with Crippen LogP contribution in [0, 0.1) is 0 Å². The number of hydrogen-bond acceptors (Lipinski definition) is 1. The molecule has 0 aromatic rings. The molecule has 0 atom stereocenters. The van der Waals surface area contributed by atoms with Crippen molar-refractivity contribution < 1.29 is 4.65 Å². The summed E-state index contributed by atoms with van der Waals surface area (Å²) in [4.78, 5) is 0. The van der Waals surface area contributed by atoms with Crippen LogP contribution in [0.2, 0.25) is 6.82 Å². The summed E-state index contributed by atoms with van der Waals surface area (Å²) in [6.07, 6.45) is 1.92. The Balaban J connectivity index is 3.17. The summed E-state index contributed by atoms with van der Waals surface area (Å²) in [5.74, 6) is 0.947. The molecule has 2 heteroatoms. The average molecular weight is 96.9 g/mol. The van der Waals surface area contributed by atoms with E-state index in [2.05, 4.69) is 0 Å². The largest absolute Gasteiger partial charge is 0.567 e. The van der Waals surface area contributed by atoms with Crippen molar-refractivity contribution in [2.24, 2.45) is 0 Å². The molecule has 0 N–H and O–H groups in total. The van der Waals surface area contributed by atoms with Gasteiger partial charge in [0.2, 0.25) is 0 Å². The summed E-state index contributed by atoms with van der Waals surface area (Å²) in [5.41, 5.74) is 0. The maximum absolute atomic E-state index is 4.93. The molecule has 0 bridgehead atoms. The van der Waals surface area contributed by atoms with Crippen molar-refractivity contribution in [3.8, 4) is 0 Å². The Morgan fingerprint density at radius 2 is 2.29 bits per heavy atom. The van der Waals surface area contributed by atoms with E-state index in [-0.39, 0.29) is 0 Å². The predicted octanol–water partition coefficient (Wildman–Crippen LogP) is 1.59. The van der Waals surface area contributed by atoms with Gasteiger partial charge in [-0.25, -0.2) is 0 Å². The van der Waals surface area contributed by atoms with Gasteiger partial charge >= 0.3 is 7.48 Å². The Bertz CT molecular complexity index is 68.5. The van der Waals surface area contributed by atoms with Gasteiger partial charge in [0.25, 0.3) is 0 Å². The van der Waals surface area contributed by atoms with Crippen LogP contribution >= 0.6 is 0 Å². The molecule has 0 aliphatic carbocycles. The van der Waals surface area contributed by atoms with Gasteiger partial charge in [-0.2, -0.15) is 0 Å². The van der Waals surface area contributed by atoms with Crippen LogP contribution in [-0.2, 0) is 4.65 Å². The average Bonchev–Trinajstić information content (AvgIpc) is 1.68. The van der Waals surface area contributed by atoms with E-state index >= 15 is 0 Å².